The van der Waals surface area contributed by atoms with Crippen LogP contribution < -0.4 is 19.3 Å². The lowest BCUT2D eigenvalue weighted by Crippen LogP contribution is -2.46. The number of halogens is 1. The number of carbonyl (C=O) groups excluding carboxylic acids is 2. The standard InChI is InChI=1S/C26H26FN5O4S/c1-6-23-30-21(14-37-23)24(33)32(18-9-19(35-15(2)3)11-20(10-18)36-16(4)5)22-7-8-31(25(22)34)26-28-12-17(27)13-29-26/h1,9-16,22H,7-8H2,2-5H3. The van der Waals surface area contributed by atoms with Crippen molar-refractivity contribution in [2.24, 2.45) is 0 Å². The maximum absolute atomic E-state index is 13.8. The van der Waals surface area contributed by atoms with Gasteiger partial charge in [-0.25, -0.2) is 19.3 Å². The second kappa shape index (κ2) is 10.9. The van der Waals surface area contributed by atoms with E-state index in [0.29, 0.717) is 22.2 Å². The lowest BCUT2D eigenvalue weighted by molar-refractivity contribution is -0.118. The largest absolute Gasteiger partial charge is 0.491 e. The minimum absolute atomic E-state index is 0.0605. The van der Waals surface area contributed by atoms with Crippen molar-refractivity contribution >= 4 is 34.8 Å². The van der Waals surface area contributed by atoms with Gasteiger partial charge in [-0.2, -0.15) is 0 Å². The quantitative estimate of drug-likeness (QED) is 0.411. The molecule has 1 saturated heterocycles. The van der Waals surface area contributed by atoms with E-state index in [1.165, 1.54) is 9.80 Å². The topological polar surface area (TPSA) is 97.8 Å². The van der Waals surface area contributed by atoms with Crippen LogP contribution in [0.2, 0.25) is 0 Å². The molecule has 0 radical (unpaired) electrons. The molecule has 37 heavy (non-hydrogen) atoms. The number of hydrogen-bond acceptors (Lipinski definition) is 8. The first-order valence-corrected chi connectivity index (χ1v) is 12.6. The number of amides is 2. The van der Waals surface area contributed by atoms with E-state index in [1.54, 1.807) is 23.6 Å². The Labute approximate surface area is 218 Å². The molecule has 0 aliphatic carbocycles. The van der Waals surface area contributed by atoms with Crippen molar-refractivity contribution in [2.75, 3.05) is 16.3 Å². The molecule has 1 unspecified atom stereocenters. The summed E-state index contributed by atoms with van der Waals surface area (Å²) in [6.45, 7) is 7.78. The van der Waals surface area contributed by atoms with Gasteiger partial charge in [0.05, 0.1) is 30.3 Å². The molecule has 3 aromatic rings. The summed E-state index contributed by atoms with van der Waals surface area (Å²) in [6, 6.07) is 4.20. The summed E-state index contributed by atoms with van der Waals surface area (Å²) >= 11 is 1.16. The van der Waals surface area contributed by atoms with Gasteiger partial charge < -0.3 is 9.47 Å². The third kappa shape index (κ3) is 5.86. The van der Waals surface area contributed by atoms with E-state index in [2.05, 4.69) is 20.9 Å². The van der Waals surface area contributed by atoms with Gasteiger partial charge in [-0.15, -0.1) is 17.8 Å². The SMILES string of the molecule is C#Cc1nc(C(=O)N(c2cc(OC(C)C)cc(OC(C)C)c2)C2CCN(c3ncc(F)cn3)C2=O)cs1. The van der Waals surface area contributed by atoms with Crippen LogP contribution in [0.4, 0.5) is 16.0 Å². The molecule has 9 nitrogen and oxygen atoms in total. The number of rotatable bonds is 8. The van der Waals surface area contributed by atoms with Gasteiger partial charge in [0, 0.05) is 30.1 Å². The van der Waals surface area contributed by atoms with Crippen LogP contribution in [-0.2, 0) is 4.79 Å². The highest BCUT2D eigenvalue weighted by atomic mass is 32.1. The van der Waals surface area contributed by atoms with Gasteiger partial charge in [-0.1, -0.05) is 0 Å². The highest BCUT2D eigenvalue weighted by Crippen LogP contribution is 2.34. The molecule has 1 fully saturated rings. The van der Waals surface area contributed by atoms with E-state index in [4.69, 9.17) is 15.9 Å². The summed E-state index contributed by atoms with van der Waals surface area (Å²) in [7, 11) is 0. The maximum atomic E-state index is 13.8. The summed E-state index contributed by atoms with van der Waals surface area (Å²) in [5, 5.41) is 1.91. The molecule has 192 valence electrons. The van der Waals surface area contributed by atoms with Crippen molar-refractivity contribution in [3.8, 4) is 23.8 Å². The Balaban J connectivity index is 1.78. The van der Waals surface area contributed by atoms with Crippen LogP contribution in [0, 0.1) is 18.2 Å². The normalized spacial score (nSPS) is 15.2. The molecule has 1 aromatic carbocycles. The molecule has 0 bridgehead atoms. The molecule has 0 N–H and O–H groups in total. The summed E-state index contributed by atoms with van der Waals surface area (Å²) < 4.78 is 25.2. The number of thiazole rings is 1. The Morgan fingerprint density at radius 1 is 1.16 bits per heavy atom. The van der Waals surface area contributed by atoms with Crippen molar-refractivity contribution in [1.82, 2.24) is 15.0 Å². The second-order valence-corrected chi connectivity index (χ2v) is 9.71. The number of anilines is 2. The lowest BCUT2D eigenvalue weighted by Gasteiger charge is -2.28. The van der Waals surface area contributed by atoms with E-state index in [9.17, 15) is 14.0 Å². The molecular formula is C26H26FN5O4S. The van der Waals surface area contributed by atoms with Gasteiger partial charge in [0.1, 0.15) is 23.2 Å². The van der Waals surface area contributed by atoms with E-state index >= 15 is 0 Å². The fourth-order valence-electron chi connectivity index (χ4n) is 3.92. The van der Waals surface area contributed by atoms with Crippen molar-refractivity contribution in [2.45, 2.75) is 52.4 Å². The van der Waals surface area contributed by atoms with Gasteiger partial charge >= 0.3 is 0 Å². The molecule has 0 spiro atoms. The van der Waals surface area contributed by atoms with Crippen molar-refractivity contribution < 1.29 is 23.5 Å². The second-order valence-electron chi connectivity index (χ2n) is 8.85. The lowest BCUT2D eigenvalue weighted by atomic mass is 10.1. The number of hydrogen-bond donors (Lipinski definition) is 0. The van der Waals surface area contributed by atoms with E-state index < -0.39 is 23.7 Å². The Morgan fingerprint density at radius 2 is 1.78 bits per heavy atom. The highest BCUT2D eigenvalue weighted by Gasteiger charge is 2.42. The minimum atomic E-state index is -0.904. The first-order chi connectivity index (χ1) is 17.7. The number of benzene rings is 1. The predicted octanol–water partition coefficient (Wildman–Crippen LogP) is 4.08. The van der Waals surface area contributed by atoms with E-state index in [-0.39, 0.29) is 36.8 Å². The smallest absolute Gasteiger partial charge is 0.278 e. The molecule has 4 rings (SSSR count). The number of aromatic nitrogens is 3. The zero-order valence-electron chi connectivity index (χ0n) is 20.8. The highest BCUT2D eigenvalue weighted by molar-refractivity contribution is 7.10. The Morgan fingerprint density at radius 3 is 2.32 bits per heavy atom. The Bertz CT molecular complexity index is 1310. The van der Waals surface area contributed by atoms with Crippen LogP contribution in [0.15, 0.2) is 36.0 Å². The van der Waals surface area contributed by atoms with Crippen LogP contribution in [0.5, 0.6) is 11.5 Å². The average molecular weight is 524 g/mol. The summed E-state index contributed by atoms with van der Waals surface area (Å²) in [4.78, 5) is 42.2. The zero-order chi connectivity index (χ0) is 26.7. The van der Waals surface area contributed by atoms with E-state index in [0.717, 1.165) is 23.7 Å². The molecule has 0 saturated carbocycles. The van der Waals surface area contributed by atoms with Crippen molar-refractivity contribution in [3.05, 3.63) is 52.5 Å². The average Bonchev–Trinajstić information content (AvgIpc) is 3.46. The predicted molar refractivity (Wildman–Crippen MR) is 138 cm³/mol. The van der Waals surface area contributed by atoms with Crippen LogP contribution in [0.25, 0.3) is 0 Å². The van der Waals surface area contributed by atoms with Gasteiger partial charge in [-0.3, -0.25) is 19.4 Å². The van der Waals surface area contributed by atoms with Crippen molar-refractivity contribution in [1.29, 1.82) is 0 Å². The third-order valence-corrected chi connectivity index (χ3v) is 6.06. The number of ether oxygens (including phenoxy) is 2. The summed E-state index contributed by atoms with van der Waals surface area (Å²) in [6.07, 6.45) is 7.45. The number of terminal acetylenes is 1. The molecular weight excluding hydrogens is 497 g/mol. The molecule has 2 amide bonds. The number of nitrogens with zero attached hydrogens (tertiary/aromatic N) is 5. The van der Waals surface area contributed by atoms with Crippen LogP contribution >= 0.6 is 11.3 Å². The maximum Gasteiger partial charge on any atom is 0.278 e. The molecule has 3 heterocycles. The first kappa shape index (κ1) is 26.0. The van der Waals surface area contributed by atoms with Gasteiger partial charge in [0.15, 0.2) is 10.8 Å². The fourth-order valence-corrected chi connectivity index (χ4v) is 4.52. The first-order valence-electron chi connectivity index (χ1n) is 11.7. The van der Waals surface area contributed by atoms with Crippen LogP contribution in [0.3, 0.4) is 0 Å². The third-order valence-electron chi connectivity index (χ3n) is 5.29. The molecule has 11 heteroatoms. The van der Waals surface area contributed by atoms with Crippen LogP contribution in [-0.4, -0.2) is 51.6 Å². The monoisotopic (exact) mass is 523 g/mol. The van der Waals surface area contributed by atoms with E-state index in [1.807, 2.05) is 27.7 Å². The van der Waals surface area contributed by atoms with Crippen molar-refractivity contribution in [3.63, 3.8) is 0 Å². The van der Waals surface area contributed by atoms with Gasteiger partial charge in [0.25, 0.3) is 11.8 Å². The molecule has 1 aliphatic rings. The fraction of sp³-hybridized carbons (Fsp3) is 0.346. The summed E-state index contributed by atoms with van der Waals surface area (Å²) in [5.41, 5.74) is 0.512. The molecule has 1 aliphatic heterocycles. The Kier molecular flexibility index (Phi) is 7.69. The van der Waals surface area contributed by atoms with Gasteiger partial charge in [-0.05, 0) is 40.0 Å². The molecule has 2 aromatic heterocycles. The molecule has 1 atom stereocenters. The van der Waals surface area contributed by atoms with Gasteiger partial charge in [0.2, 0.25) is 5.95 Å². The minimum Gasteiger partial charge on any atom is -0.491 e. The number of carbonyl (C=O) groups is 2. The van der Waals surface area contributed by atoms with Crippen LogP contribution in [0.1, 0.15) is 49.6 Å². The Hall–Kier alpha value is -4.04. The zero-order valence-corrected chi connectivity index (χ0v) is 21.7. The summed E-state index contributed by atoms with van der Waals surface area (Å²) in [5.74, 6) is 1.92.